The molecule has 0 aromatic carbocycles. The van der Waals surface area contributed by atoms with E-state index in [1.807, 2.05) is 0 Å². The van der Waals surface area contributed by atoms with Crippen molar-refractivity contribution in [2.24, 2.45) is 0 Å². The van der Waals surface area contributed by atoms with Crippen molar-refractivity contribution in [2.45, 2.75) is 12.3 Å². The van der Waals surface area contributed by atoms with Crippen LogP contribution in [0.1, 0.15) is 0 Å². The van der Waals surface area contributed by atoms with Gasteiger partial charge in [0, 0.05) is 5.33 Å². The largest absolute Gasteiger partial charge is 0.492 e. The standard InChI is InChI=1S/C7H6BrF3O/c8-4-6-5(7(9,10)11)2-1-3-12-6/h1-3,6H,4H2. The fourth-order valence-corrected chi connectivity index (χ4v) is 1.36. The first-order chi connectivity index (χ1) is 5.55. The van der Waals surface area contributed by atoms with Gasteiger partial charge in [-0.1, -0.05) is 15.9 Å². The highest BCUT2D eigenvalue weighted by molar-refractivity contribution is 9.09. The second-order valence-corrected chi connectivity index (χ2v) is 2.87. The predicted octanol–water partition coefficient (Wildman–Crippen LogP) is 2.78. The summed E-state index contributed by atoms with van der Waals surface area (Å²) in [6.07, 6.45) is -1.71. The highest BCUT2D eigenvalue weighted by Gasteiger charge is 2.39. The maximum atomic E-state index is 12.2. The number of hydrogen-bond acceptors (Lipinski definition) is 1. The summed E-state index contributed by atoms with van der Waals surface area (Å²) in [6.45, 7) is 0. The molecular weight excluding hydrogens is 237 g/mol. The lowest BCUT2D eigenvalue weighted by Crippen LogP contribution is -2.27. The summed E-state index contributed by atoms with van der Waals surface area (Å²) in [4.78, 5) is 0. The molecule has 5 heteroatoms. The normalized spacial score (nSPS) is 23.3. The van der Waals surface area contributed by atoms with Gasteiger partial charge in [-0.05, 0) is 12.2 Å². The molecule has 0 fully saturated rings. The van der Waals surface area contributed by atoms with Gasteiger partial charge in [-0.2, -0.15) is 13.2 Å². The second kappa shape index (κ2) is 3.51. The quantitative estimate of drug-likeness (QED) is 0.643. The smallest absolute Gasteiger partial charge is 0.416 e. The molecule has 0 spiro atoms. The lowest BCUT2D eigenvalue weighted by molar-refractivity contribution is -0.105. The van der Waals surface area contributed by atoms with Crippen LogP contribution in [-0.4, -0.2) is 17.6 Å². The molecule has 1 rings (SSSR count). The van der Waals surface area contributed by atoms with E-state index in [0.717, 1.165) is 6.08 Å². The first kappa shape index (κ1) is 9.64. The number of allylic oxidation sites excluding steroid dienone is 2. The molecule has 0 saturated carbocycles. The zero-order valence-electron chi connectivity index (χ0n) is 5.94. The van der Waals surface area contributed by atoms with Crippen molar-refractivity contribution in [1.29, 1.82) is 0 Å². The Labute approximate surface area is 76.0 Å². The van der Waals surface area contributed by atoms with Gasteiger partial charge in [-0.3, -0.25) is 0 Å². The van der Waals surface area contributed by atoms with Gasteiger partial charge in [0.2, 0.25) is 0 Å². The molecule has 1 aliphatic heterocycles. The van der Waals surface area contributed by atoms with E-state index in [9.17, 15) is 13.2 Å². The van der Waals surface area contributed by atoms with Crippen LogP contribution in [0.4, 0.5) is 13.2 Å². The van der Waals surface area contributed by atoms with Gasteiger partial charge in [0.25, 0.3) is 0 Å². The van der Waals surface area contributed by atoms with Crippen LogP contribution in [0.3, 0.4) is 0 Å². The summed E-state index contributed by atoms with van der Waals surface area (Å²) < 4.78 is 41.3. The van der Waals surface area contributed by atoms with Crippen molar-refractivity contribution in [2.75, 3.05) is 5.33 Å². The topological polar surface area (TPSA) is 9.23 Å². The molecule has 1 nitrogen and oxygen atoms in total. The van der Waals surface area contributed by atoms with Crippen LogP contribution in [0.15, 0.2) is 24.0 Å². The minimum absolute atomic E-state index is 0.142. The summed E-state index contributed by atoms with van der Waals surface area (Å²) in [7, 11) is 0. The zero-order chi connectivity index (χ0) is 9.19. The lowest BCUT2D eigenvalue weighted by atomic mass is 10.1. The van der Waals surface area contributed by atoms with E-state index in [0.29, 0.717) is 0 Å². The monoisotopic (exact) mass is 242 g/mol. The van der Waals surface area contributed by atoms with Crippen molar-refractivity contribution >= 4 is 15.9 Å². The van der Waals surface area contributed by atoms with E-state index >= 15 is 0 Å². The van der Waals surface area contributed by atoms with E-state index < -0.39 is 17.9 Å². The van der Waals surface area contributed by atoms with E-state index in [1.54, 1.807) is 0 Å². The van der Waals surface area contributed by atoms with Gasteiger partial charge in [-0.25, -0.2) is 0 Å². The molecule has 1 atom stereocenters. The van der Waals surface area contributed by atoms with Gasteiger partial charge in [0.1, 0.15) is 6.10 Å². The van der Waals surface area contributed by atoms with Crippen LogP contribution in [0.2, 0.25) is 0 Å². The van der Waals surface area contributed by atoms with E-state index in [1.165, 1.54) is 12.3 Å². The Morgan fingerprint density at radius 1 is 1.50 bits per heavy atom. The number of hydrogen-bond donors (Lipinski definition) is 0. The van der Waals surface area contributed by atoms with Gasteiger partial charge in [0.15, 0.2) is 0 Å². The third-order valence-electron chi connectivity index (χ3n) is 1.41. The summed E-state index contributed by atoms with van der Waals surface area (Å²) in [6, 6.07) is 0. The fourth-order valence-electron chi connectivity index (χ4n) is 0.860. The van der Waals surface area contributed by atoms with Crippen molar-refractivity contribution in [1.82, 2.24) is 0 Å². The number of ether oxygens (including phenoxy) is 1. The number of alkyl halides is 4. The molecule has 12 heavy (non-hydrogen) atoms. The van der Waals surface area contributed by atoms with Crippen molar-refractivity contribution in [3.05, 3.63) is 24.0 Å². The third-order valence-corrected chi connectivity index (χ3v) is 2.00. The van der Waals surface area contributed by atoms with Crippen LogP contribution >= 0.6 is 15.9 Å². The summed E-state index contributed by atoms with van der Waals surface area (Å²) in [5.74, 6) is 0. The highest BCUT2D eigenvalue weighted by atomic mass is 79.9. The van der Waals surface area contributed by atoms with Crippen LogP contribution in [0.5, 0.6) is 0 Å². The first-order valence-electron chi connectivity index (χ1n) is 3.21. The average Bonchev–Trinajstić information content (AvgIpc) is 2.03. The minimum Gasteiger partial charge on any atom is -0.492 e. The van der Waals surface area contributed by atoms with Crippen molar-refractivity contribution in [3.8, 4) is 0 Å². The Kier molecular flexibility index (Phi) is 2.82. The van der Waals surface area contributed by atoms with Crippen LogP contribution in [0.25, 0.3) is 0 Å². The summed E-state index contributed by atoms with van der Waals surface area (Å²) in [5.41, 5.74) is -0.651. The molecule has 0 bridgehead atoms. The molecule has 0 N–H and O–H groups in total. The molecule has 0 aromatic heterocycles. The molecule has 0 aromatic rings. The Balaban J connectivity index is 2.84. The Bertz CT molecular complexity index is 219. The molecule has 0 aliphatic carbocycles. The number of rotatable bonds is 1. The molecule has 1 heterocycles. The number of halogens is 4. The molecule has 68 valence electrons. The molecule has 0 radical (unpaired) electrons. The van der Waals surface area contributed by atoms with Gasteiger partial charge in [0.05, 0.1) is 11.8 Å². The summed E-state index contributed by atoms with van der Waals surface area (Å²) >= 11 is 2.94. The Morgan fingerprint density at radius 3 is 2.58 bits per heavy atom. The molecule has 1 aliphatic rings. The van der Waals surface area contributed by atoms with Crippen LogP contribution in [-0.2, 0) is 4.74 Å². The SMILES string of the molecule is FC(F)(F)C1=CC=COC1CBr. The van der Waals surface area contributed by atoms with Crippen LogP contribution in [0, 0.1) is 0 Å². The third kappa shape index (κ3) is 2.03. The van der Waals surface area contributed by atoms with E-state index in [-0.39, 0.29) is 5.33 Å². The molecule has 0 saturated heterocycles. The fraction of sp³-hybridized carbons (Fsp3) is 0.429. The maximum absolute atomic E-state index is 12.2. The van der Waals surface area contributed by atoms with Crippen molar-refractivity contribution < 1.29 is 17.9 Å². The Hall–Kier alpha value is -0.450. The van der Waals surface area contributed by atoms with Crippen LogP contribution < -0.4 is 0 Å². The molecular formula is C7H6BrF3O. The van der Waals surface area contributed by atoms with E-state index in [2.05, 4.69) is 15.9 Å². The highest BCUT2D eigenvalue weighted by Crippen LogP contribution is 2.31. The molecule has 1 unspecified atom stereocenters. The maximum Gasteiger partial charge on any atom is 0.416 e. The lowest BCUT2D eigenvalue weighted by Gasteiger charge is -2.22. The first-order valence-corrected chi connectivity index (χ1v) is 4.33. The van der Waals surface area contributed by atoms with Gasteiger partial charge < -0.3 is 4.74 Å². The Morgan fingerprint density at radius 2 is 2.17 bits per heavy atom. The zero-order valence-corrected chi connectivity index (χ0v) is 7.52. The van der Waals surface area contributed by atoms with Gasteiger partial charge in [-0.15, -0.1) is 0 Å². The van der Waals surface area contributed by atoms with Gasteiger partial charge >= 0.3 is 6.18 Å². The minimum atomic E-state index is -4.30. The van der Waals surface area contributed by atoms with Crippen molar-refractivity contribution in [3.63, 3.8) is 0 Å². The molecule has 0 amide bonds. The predicted molar refractivity (Wildman–Crippen MR) is 41.9 cm³/mol. The van der Waals surface area contributed by atoms with E-state index in [4.69, 9.17) is 4.74 Å². The average molecular weight is 243 g/mol. The second-order valence-electron chi connectivity index (χ2n) is 2.23. The summed E-state index contributed by atoms with van der Waals surface area (Å²) in [5, 5.41) is 0.142.